The van der Waals surface area contributed by atoms with E-state index < -0.39 is 0 Å². The van der Waals surface area contributed by atoms with Crippen LogP contribution in [0, 0.1) is 17.8 Å². The van der Waals surface area contributed by atoms with Crippen LogP contribution in [-0.4, -0.2) is 22.5 Å². The lowest BCUT2D eigenvalue weighted by Crippen LogP contribution is -2.19. The minimum Gasteiger partial charge on any atom is -0.465 e. The number of para-hydroxylation sites is 2. The second-order valence-electron chi connectivity index (χ2n) is 6.82. The highest BCUT2D eigenvalue weighted by molar-refractivity contribution is 5.75. The van der Waals surface area contributed by atoms with E-state index in [2.05, 4.69) is 9.97 Å². The van der Waals surface area contributed by atoms with Crippen molar-refractivity contribution >= 4 is 17.0 Å². The van der Waals surface area contributed by atoms with Crippen LogP contribution in [0.2, 0.25) is 0 Å². The molecule has 1 N–H and O–H groups in total. The summed E-state index contributed by atoms with van der Waals surface area (Å²) in [5.74, 6) is 3.10. The van der Waals surface area contributed by atoms with Gasteiger partial charge in [0.15, 0.2) is 0 Å². The number of aryl methyl sites for hydroxylation is 1. The van der Waals surface area contributed by atoms with Crippen LogP contribution >= 0.6 is 0 Å². The molecule has 2 aliphatic carbocycles. The van der Waals surface area contributed by atoms with Gasteiger partial charge in [-0.3, -0.25) is 4.79 Å². The Labute approximate surface area is 130 Å². The number of aromatic nitrogens is 2. The van der Waals surface area contributed by atoms with Crippen molar-refractivity contribution in [3.8, 4) is 0 Å². The van der Waals surface area contributed by atoms with E-state index in [4.69, 9.17) is 4.74 Å². The molecule has 22 heavy (non-hydrogen) atoms. The number of carbonyl (C=O) groups is 1. The maximum Gasteiger partial charge on any atom is 0.306 e. The van der Waals surface area contributed by atoms with E-state index in [1.54, 1.807) is 0 Å². The Hall–Kier alpha value is -1.84. The second kappa shape index (κ2) is 5.75. The zero-order valence-electron chi connectivity index (χ0n) is 12.8. The van der Waals surface area contributed by atoms with Gasteiger partial charge in [-0.25, -0.2) is 4.98 Å². The number of aromatic amines is 1. The lowest BCUT2D eigenvalue weighted by atomic mass is 9.90. The number of fused-ring (bicyclic) bond motifs is 3. The van der Waals surface area contributed by atoms with Crippen molar-refractivity contribution in [3.63, 3.8) is 0 Å². The normalized spacial score (nSPS) is 26.6. The fraction of sp³-hybridized carbons (Fsp3) is 0.556. The van der Waals surface area contributed by atoms with Crippen molar-refractivity contribution in [2.24, 2.45) is 17.8 Å². The molecule has 2 aliphatic rings. The van der Waals surface area contributed by atoms with Crippen LogP contribution in [0.25, 0.3) is 11.0 Å². The van der Waals surface area contributed by atoms with Crippen molar-refractivity contribution in [3.05, 3.63) is 30.1 Å². The van der Waals surface area contributed by atoms with Gasteiger partial charge >= 0.3 is 5.97 Å². The summed E-state index contributed by atoms with van der Waals surface area (Å²) in [6.07, 6.45) is 6.38. The van der Waals surface area contributed by atoms with Gasteiger partial charge in [-0.05, 0) is 49.1 Å². The SMILES string of the molecule is O=C(CCc1nc2ccccc2[nH]1)OC[C@H]1C[C@H]2CC[C@H]1C2. The van der Waals surface area contributed by atoms with E-state index in [1.807, 2.05) is 24.3 Å². The molecule has 4 heteroatoms. The average Bonchev–Trinajstić information content (AvgIpc) is 3.24. The highest BCUT2D eigenvalue weighted by Gasteiger charge is 2.39. The van der Waals surface area contributed by atoms with Gasteiger partial charge in [0.1, 0.15) is 5.82 Å². The molecule has 1 heterocycles. The average molecular weight is 298 g/mol. The first-order chi connectivity index (χ1) is 10.8. The lowest BCUT2D eigenvalue weighted by molar-refractivity contribution is -0.145. The summed E-state index contributed by atoms with van der Waals surface area (Å²) in [5.41, 5.74) is 1.97. The molecule has 116 valence electrons. The minimum atomic E-state index is -0.0942. The quantitative estimate of drug-likeness (QED) is 0.860. The number of H-pyrrole nitrogens is 1. The van der Waals surface area contributed by atoms with Crippen molar-refractivity contribution in [2.45, 2.75) is 38.5 Å². The van der Waals surface area contributed by atoms with Crippen molar-refractivity contribution in [2.75, 3.05) is 6.61 Å². The van der Waals surface area contributed by atoms with Gasteiger partial charge < -0.3 is 9.72 Å². The third kappa shape index (κ3) is 2.74. The fourth-order valence-electron chi connectivity index (χ4n) is 4.20. The third-order valence-corrected chi connectivity index (χ3v) is 5.35. The van der Waals surface area contributed by atoms with Crippen LogP contribution in [0.15, 0.2) is 24.3 Å². The Bertz CT molecular complexity index is 646. The smallest absolute Gasteiger partial charge is 0.306 e. The van der Waals surface area contributed by atoms with Gasteiger partial charge in [0.05, 0.1) is 24.1 Å². The number of nitrogens with one attached hydrogen (secondary N) is 1. The zero-order valence-corrected chi connectivity index (χ0v) is 12.8. The van der Waals surface area contributed by atoms with Crippen molar-refractivity contribution in [1.82, 2.24) is 9.97 Å². The Morgan fingerprint density at radius 3 is 2.95 bits per heavy atom. The van der Waals surface area contributed by atoms with E-state index in [0.717, 1.165) is 28.7 Å². The van der Waals surface area contributed by atoms with Crippen molar-refractivity contribution in [1.29, 1.82) is 0 Å². The predicted octanol–water partition coefficient (Wildman–Crippen LogP) is 3.47. The summed E-state index contributed by atoms with van der Waals surface area (Å²) in [7, 11) is 0. The molecular formula is C18H22N2O2. The minimum absolute atomic E-state index is 0.0942. The van der Waals surface area contributed by atoms with Gasteiger partial charge in [0.25, 0.3) is 0 Å². The van der Waals surface area contributed by atoms with E-state index in [9.17, 15) is 4.79 Å². The van der Waals surface area contributed by atoms with Gasteiger partial charge in [0, 0.05) is 6.42 Å². The fourth-order valence-corrected chi connectivity index (χ4v) is 4.20. The number of esters is 1. The largest absolute Gasteiger partial charge is 0.465 e. The van der Waals surface area contributed by atoms with E-state index in [0.29, 0.717) is 25.4 Å². The Morgan fingerprint density at radius 2 is 2.18 bits per heavy atom. The maximum absolute atomic E-state index is 11.9. The Balaban J connectivity index is 1.25. The summed E-state index contributed by atoms with van der Waals surface area (Å²) < 4.78 is 5.49. The molecule has 0 aliphatic heterocycles. The third-order valence-electron chi connectivity index (χ3n) is 5.35. The topological polar surface area (TPSA) is 55.0 Å². The Morgan fingerprint density at radius 1 is 1.27 bits per heavy atom. The number of hydrogen-bond acceptors (Lipinski definition) is 3. The zero-order chi connectivity index (χ0) is 14.9. The van der Waals surface area contributed by atoms with Gasteiger partial charge in [-0.2, -0.15) is 0 Å². The molecule has 2 saturated carbocycles. The first-order valence-corrected chi connectivity index (χ1v) is 8.37. The standard InChI is InChI=1S/C18H22N2O2/c21-18(22-11-14-10-12-5-6-13(14)9-12)8-7-17-19-15-3-1-2-4-16(15)20-17/h1-4,12-14H,5-11H2,(H,19,20)/t12-,13-,14+/m0/s1. The first kappa shape index (κ1) is 13.8. The first-order valence-electron chi connectivity index (χ1n) is 8.37. The van der Waals surface area contributed by atoms with Crippen LogP contribution in [0.3, 0.4) is 0 Å². The Kier molecular flexibility index (Phi) is 3.60. The number of benzene rings is 1. The number of rotatable bonds is 5. The summed E-state index contributed by atoms with van der Waals surface area (Å²) in [6.45, 7) is 0.625. The molecule has 0 amide bonds. The van der Waals surface area contributed by atoms with Crippen LogP contribution in [0.1, 0.15) is 37.9 Å². The van der Waals surface area contributed by atoms with E-state index >= 15 is 0 Å². The van der Waals surface area contributed by atoms with Crippen LogP contribution < -0.4 is 0 Å². The number of imidazole rings is 1. The highest BCUT2D eigenvalue weighted by atomic mass is 16.5. The van der Waals surface area contributed by atoms with Crippen LogP contribution in [0.4, 0.5) is 0 Å². The lowest BCUT2D eigenvalue weighted by Gasteiger charge is -2.21. The molecule has 0 spiro atoms. The highest BCUT2D eigenvalue weighted by Crippen LogP contribution is 2.48. The van der Waals surface area contributed by atoms with E-state index in [1.165, 1.54) is 25.7 Å². The molecule has 3 atom stereocenters. The molecule has 4 rings (SSSR count). The number of ether oxygens (including phenoxy) is 1. The number of hydrogen-bond donors (Lipinski definition) is 1. The molecule has 0 radical (unpaired) electrons. The number of carbonyl (C=O) groups excluding carboxylic acids is 1. The van der Waals surface area contributed by atoms with Gasteiger partial charge in [0.2, 0.25) is 0 Å². The molecule has 0 unspecified atom stereocenters. The summed E-state index contributed by atoms with van der Waals surface area (Å²) in [5, 5.41) is 0. The molecular weight excluding hydrogens is 276 g/mol. The van der Waals surface area contributed by atoms with Crippen LogP contribution in [-0.2, 0) is 16.0 Å². The van der Waals surface area contributed by atoms with E-state index in [-0.39, 0.29) is 5.97 Å². The number of nitrogens with zero attached hydrogens (tertiary/aromatic N) is 1. The summed E-state index contributed by atoms with van der Waals surface area (Å²) in [4.78, 5) is 19.7. The molecule has 0 saturated heterocycles. The molecule has 4 nitrogen and oxygen atoms in total. The maximum atomic E-state index is 11.9. The van der Waals surface area contributed by atoms with Gasteiger partial charge in [-0.1, -0.05) is 18.6 Å². The molecule has 1 aromatic carbocycles. The van der Waals surface area contributed by atoms with Crippen LogP contribution in [0.5, 0.6) is 0 Å². The van der Waals surface area contributed by atoms with Crippen molar-refractivity contribution < 1.29 is 9.53 Å². The molecule has 2 fully saturated rings. The second-order valence-corrected chi connectivity index (χ2v) is 6.82. The molecule has 2 aromatic rings. The summed E-state index contributed by atoms with van der Waals surface area (Å²) in [6, 6.07) is 7.92. The molecule has 2 bridgehead atoms. The summed E-state index contributed by atoms with van der Waals surface area (Å²) >= 11 is 0. The monoisotopic (exact) mass is 298 g/mol. The van der Waals surface area contributed by atoms with Gasteiger partial charge in [-0.15, -0.1) is 0 Å². The molecule has 1 aromatic heterocycles. The predicted molar refractivity (Wildman–Crippen MR) is 84.3 cm³/mol.